The molecule has 0 aromatic heterocycles. The molecule has 0 aromatic rings. The van der Waals surface area contributed by atoms with Gasteiger partial charge in [0.15, 0.2) is 9.84 Å². The molecule has 1 aliphatic rings. The fourth-order valence-corrected chi connectivity index (χ4v) is 3.44. The zero-order valence-electron chi connectivity index (χ0n) is 6.79. The number of hydrogen-bond donors (Lipinski definition) is 2. The highest BCUT2D eigenvalue weighted by atomic mass is 32.2. The van der Waals surface area contributed by atoms with Gasteiger partial charge in [0.1, 0.15) is 0 Å². The predicted molar refractivity (Wildman–Crippen MR) is 44.3 cm³/mol. The summed E-state index contributed by atoms with van der Waals surface area (Å²) in [4.78, 5) is 0. The molecule has 5 heteroatoms. The number of hydrogen-bond acceptors (Lipinski definition) is 4. The smallest absolute Gasteiger partial charge is 0.153 e. The highest BCUT2D eigenvalue weighted by Gasteiger charge is 2.35. The molecule has 2 atom stereocenters. The first-order valence-electron chi connectivity index (χ1n) is 3.64. The van der Waals surface area contributed by atoms with Crippen LogP contribution in [0.2, 0.25) is 0 Å². The molecule has 0 amide bonds. The third-order valence-electron chi connectivity index (χ3n) is 2.09. The molecular weight excluding hydrogens is 164 g/mol. The van der Waals surface area contributed by atoms with Crippen molar-refractivity contribution in [2.24, 2.45) is 0 Å². The molecule has 1 fully saturated rings. The maximum atomic E-state index is 11.1. The van der Waals surface area contributed by atoms with Crippen LogP contribution in [0.15, 0.2) is 0 Å². The topological polar surface area (TPSA) is 58.2 Å². The number of rotatable bonds is 2. The van der Waals surface area contributed by atoms with Crippen molar-refractivity contribution in [2.75, 3.05) is 25.6 Å². The standard InChI is InChI=1S/C6H14N2O2S/c1-7-5-3-11(9,10)4-6(5)8-2/h5-8H,3-4H2,1-2H3/t5-,6-/m0/s1. The van der Waals surface area contributed by atoms with E-state index < -0.39 is 9.84 Å². The molecule has 0 aliphatic carbocycles. The Morgan fingerprint density at radius 2 is 1.45 bits per heavy atom. The Labute approximate surface area is 67.3 Å². The van der Waals surface area contributed by atoms with E-state index in [4.69, 9.17) is 0 Å². The molecular formula is C6H14N2O2S. The zero-order valence-corrected chi connectivity index (χ0v) is 7.61. The first kappa shape index (κ1) is 8.96. The van der Waals surface area contributed by atoms with Gasteiger partial charge in [-0.3, -0.25) is 0 Å². The quantitative estimate of drug-likeness (QED) is 0.545. The van der Waals surface area contributed by atoms with Crippen LogP contribution in [0.4, 0.5) is 0 Å². The third-order valence-corrected chi connectivity index (χ3v) is 3.83. The van der Waals surface area contributed by atoms with Gasteiger partial charge in [0.25, 0.3) is 0 Å². The number of sulfone groups is 1. The van der Waals surface area contributed by atoms with Gasteiger partial charge >= 0.3 is 0 Å². The minimum absolute atomic E-state index is 0.0741. The maximum Gasteiger partial charge on any atom is 0.153 e. The number of likely N-dealkylation sites (N-methyl/N-ethyl adjacent to an activating group) is 2. The largest absolute Gasteiger partial charge is 0.314 e. The lowest BCUT2D eigenvalue weighted by atomic mass is 10.2. The Morgan fingerprint density at radius 3 is 1.73 bits per heavy atom. The van der Waals surface area contributed by atoms with Crippen LogP contribution in [0.25, 0.3) is 0 Å². The van der Waals surface area contributed by atoms with Gasteiger partial charge in [-0.2, -0.15) is 0 Å². The normalized spacial score (nSPS) is 35.8. The van der Waals surface area contributed by atoms with E-state index in [9.17, 15) is 8.42 Å². The van der Waals surface area contributed by atoms with Crippen molar-refractivity contribution in [1.82, 2.24) is 10.6 Å². The predicted octanol–water partition coefficient (Wildman–Crippen LogP) is -1.41. The van der Waals surface area contributed by atoms with Gasteiger partial charge in [-0.15, -0.1) is 0 Å². The van der Waals surface area contributed by atoms with Gasteiger partial charge in [-0.25, -0.2) is 8.42 Å². The molecule has 1 rings (SSSR count). The highest BCUT2D eigenvalue weighted by Crippen LogP contribution is 2.11. The number of nitrogens with one attached hydrogen (secondary N) is 2. The van der Waals surface area contributed by atoms with Gasteiger partial charge < -0.3 is 10.6 Å². The lowest BCUT2D eigenvalue weighted by molar-refractivity contribution is 0.488. The van der Waals surface area contributed by atoms with Gasteiger partial charge in [0, 0.05) is 12.1 Å². The van der Waals surface area contributed by atoms with Gasteiger partial charge in [0.2, 0.25) is 0 Å². The van der Waals surface area contributed by atoms with E-state index in [1.807, 2.05) is 0 Å². The lowest BCUT2D eigenvalue weighted by Crippen LogP contribution is -2.43. The molecule has 1 aliphatic heterocycles. The van der Waals surface area contributed by atoms with E-state index in [1.165, 1.54) is 0 Å². The molecule has 0 radical (unpaired) electrons. The molecule has 11 heavy (non-hydrogen) atoms. The molecule has 66 valence electrons. The van der Waals surface area contributed by atoms with Crippen molar-refractivity contribution in [1.29, 1.82) is 0 Å². The van der Waals surface area contributed by atoms with Crippen LogP contribution >= 0.6 is 0 Å². The summed E-state index contributed by atoms with van der Waals surface area (Å²) in [5.41, 5.74) is 0. The monoisotopic (exact) mass is 178 g/mol. The van der Waals surface area contributed by atoms with Crippen molar-refractivity contribution in [3.63, 3.8) is 0 Å². The van der Waals surface area contributed by atoms with Crippen molar-refractivity contribution in [3.05, 3.63) is 0 Å². The van der Waals surface area contributed by atoms with E-state index in [2.05, 4.69) is 10.6 Å². The molecule has 0 aromatic carbocycles. The van der Waals surface area contributed by atoms with Gasteiger partial charge in [-0.05, 0) is 14.1 Å². The van der Waals surface area contributed by atoms with E-state index in [0.717, 1.165) is 0 Å². The summed E-state index contributed by atoms with van der Waals surface area (Å²) in [7, 11) is 0.781. The first-order valence-corrected chi connectivity index (χ1v) is 5.46. The van der Waals surface area contributed by atoms with Crippen LogP contribution in [0.1, 0.15) is 0 Å². The Kier molecular flexibility index (Phi) is 2.51. The second-order valence-corrected chi connectivity index (χ2v) is 5.02. The summed E-state index contributed by atoms with van der Waals surface area (Å²) in [6.07, 6.45) is 0. The Balaban J connectivity index is 2.70. The zero-order chi connectivity index (χ0) is 8.48. The SMILES string of the molecule is CN[C@H]1CS(=O)(=O)C[C@@H]1NC. The summed E-state index contributed by atoms with van der Waals surface area (Å²) < 4.78 is 22.2. The lowest BCUT2D eigenvalue weighted by Gasteiger charge is -2.15. The van der Waals surface area contributed by atoms with Crippen LogP contribution in [-0.4, -0.2) is 46.1 Å². The average Bonchev–Trinajstić information content (AvgIpc) is 2.25. The summed E-state index contributed by atoms with van der Waals surface area (Å²) >= 11 is 0. The van der Waals surface area contributed by atoms with E-state index >= 15 is 0 Å². The molecule has 2 N–H and O–H groups in total. The van der Waals surface area contributed by atoms with Crippen molar-refractivity contribution < 1.29 is 8.42 Å². The Bertz CT molecular complexity index is 207. The summed E-state index contributed by atoms with van der Waals surface area (Å²) in [6.45, 7) is 0. The molecule has 1 heterocycles. The summed E-state index contributed by atoms with van der Waals surface area (Å²) in [5.74, 6) is 0.518. The van der Waals surface area contributed by atoms with Crippen molar-refractivity contribution in [2.45, 2.75) is 12.1 Å². The van der Waals surface area contributed by atoms with Crippen LogP contribution < -0.4 is 10.6 Å². The van der Waals surface area contributed by atoms with E-state index in [1.54, 1.807) is 14.1 Å². The molecule has 1 saturated heterocycles. The molecule has 4 nitrogen and oxygen atoms in total. The summed E-state index contributed by atoms with van der Waals surface area (Å²) in [5, 5.41) is 5.96. The maximum absolute atomic E-state index is 11.1. The Hall–Kier alpha value is -0.130. The fraction of sp³-hybridized carbons (Fsp3) is 1.00. The third kappa shape index (κ3) is 1.91. The minimum atomic E-state index is -2.79. The average molecular weight is 178 g/mol. The molecule has 0 bridgehead atoms. The van der Waals surface area contributed by atoms with Crippen LogP contribution in [0.3, 0.4) is 0 Å². The Morgan fingerprint density at radius 1 is 1.09 bits per heavy atom. The second-order valence-electron chi connectivity index (χ2n) is 2.87. The van der Waals surface area contributed by atoms with Crippen molar-refractivity contribution >= 4 is 9.84 Å². The first-order chi connectivity index (χ1) is 5.09. The van der Waals surface area contributed by atoms with Gasteiger partial charge in [-0.1, -0.05) is 0 Å². The van der Waals surface area contributed by atoms with Gasteiger partial charge in [0.05, 0.1) is 11.5 Å². The van der Waals surface area contributed by atoms with E-state index in [-0.39, 0.29) is 23.6 Å². The summed E-state index contributed by atoms with van der Waals surface area (Å²) in [6, 6.07) is 0.148. The molecule has 0 unspecified atom stereocenters. The van der Waals surface area contributed by atoms with E-state index in [0.29, 0.717) is 0 Å². The van der Waals surface area contributed by atoms with Crippen molar-refractivity contribution in [3.8, 4) is 0 Å². The fourth-order valence-electron chi connectivity index (χ4n) is 1.42. The van der Waals surface area contributed by atoms with Crippen LogP contribution in [0, 0.1) is 0 Å². The molecule has 0 spiro atoms. The molecule has 0 saturated carbocycles. The van der Waals surface area contributed by atoms with Crippen LogP contribution in [-0.2, 0) is 9.84 Å². The second kappa shape index (κ2) is 3.08. The highest BCUT2D eigenvalue weighted by molar-refractivity contribution is 7.91. The minimum Gasteiger partial charge on any atom is -0.314 e. The van der Waals surface area contributed by atoms with Crippen LogP contribution in [0.5, 0.6) is 0 Å².